The van der Waals surface area contributed by atoms with Gasteiger partial charge in [0.1, 0.15) is 5.82 Å². The SMILES string of the molecule is C#CC(C)NC(=O)c1cc(C)ccc1F. The maximum Gasteiger partial charge on any atom is 0.255 e. The van der Waals surface area contributed by atoms with Crippen molar-refractivity contribution in [3.63, 3.8) is 0 Å². The molecule has 2 nitrogen and oxygen atoms in total. The highest BCUT2D eigenvalue weighted by atomic mass is 19.1. The van der Waals surface area contributed by atoms with Gasteiger partial charge < -0.3 is 5.32 Å². The molecule has 1 rings (SSSR count). The van der Waals surface area contributed by atoms with Crippen LogP contribution in [-0.4, -0.2) is 11.9 Å². The molecule has 0 spiro atoms. The average molecular weight is 205 g/mol. The summed E-state index contributed by atoms with van der Waals surface area (Å²) in [5.74, 6) is 1.32. The molecule has 0 aliphatic heterocycles. The van der Waals surface area contributed by atoms with E-state index >= 15 is 0 Å². The number of benzene rings is 1. The van der Waals surface area contributed by atoms with Crippen LogP contribution in [0.5, 0.6) is 0 Å². The number of amides is 1. The average Bonchev–Trinajstić information content (AvgIpc) is 2.21. The van der Waals surface area contributed by atoms with E-state index in [1.807, 2.05) is 0 Å². The number of nitrogens with one attached hydrogen (secondary N) is 1. The van der Waals surface area contributed by atoms with Gasteiger partial charge in [-0.25, -0.2) is 4.39 Å². The van der Waals surface area contributed by atoms with Crippen molar-refractivity contribution in [2.45, 2.75) is 19.9 Å². The normalized spacial score (nSPS) is 11.6. The zero-order chi connectivity index (χ0) is 11.4. The molecular formula is C12H12FNO. The highest BCUT2D eigenvalue weighted by Crippen LogP contribution is 2.09. The number of rotatable bonds is 2. The number of carbonyl (C=O) groups is 1. The molecule has 0 fully saturated rings. The molecule has 0 bridgehead atoms. The number of terminal acetylenes is 1. The minimum atomic E-state index is -0.540. The minimum Gasteiger partial charge on any atom is -0.339 e. The van der Waals surface area contributed by atoms with E-state index in [2.05, 4.69) is 11.2 Å². The Morgan fingerprint density at radius 1 is 1.60 bits per heavy atom. The molecule has 1 N–H and O–H groups in total. The maximum atomic E-state index is 13.3. The Bertz CT molecular complexity index is 420. The van der Waals surface area contributed by atoms with Crippen molar-refractivity contribution in [1.29, 1.82) is 0 Å². The standard InChI is InChI=1S/C12H12FNO/c1-4-9(3)14-12(15)10-7-8(2)5-6-11(10)13/h1,5-7,9H,2-3H3,(H,14,15). The van der Waals surface area contributed by atoms with E-state index in [9.17, 15) is 9.18 Å². The summed E-state index contributed by atoms with van der Waals surface area (Å²) in [4.78, 5) is 11.5. The van der Waals surface area contributed by atoms with Gasteiger partial charge in [-0.05, 0) is 26.0 Å². The first-order valence-electron chi connectivity index (χ1n) is 4.57. The molecule has 1 atom stereocenters. The topological polar surface area (TPSA) is 29.1 Å². The van der Waals surface area contributed by atoms with E-state index in [-0.39, 0.29) is 5.56 Å². The molecule has 0 aliphatic carbocycles. The Kier molecular flexibility index (Phi) is 3.46. The van der Waals surface area contributed by atoms with Gasteiger partial charge >= 0.3 is 0 Å². The fourth-order valence-electron chi connectivity index (χ4n) is 1.13. The second-order valence-electron chi connectivity index (χ2n) is 3.35. The molecule has 0 radical (unpaired) electrons. The second kappa shape index (κ2) is 4.61. The lowest BCUT2D eigenvalue weighted by Crippen LogP contribution is -2.31. The van der Waals surface area contributed by atoms with Crippen LogP contribution in [0.3, 0.4) is 0 Å². The van der Waals surface area contributed by atoms with E-state index in [4.69, 9.17) is 6.42 Å². The van der Waals surface area contributed by atoms with E-state index in [1.165, 1.54) is 12.1 Å². The van der Waals surface area contributed by atoms with Crippen molar-refractivity contribution in [2.75, 3.05) is 0 Å². The molecule has 1 aromatic carbocycles. The Balaban J connectivity index is 2.92. The lowest BCUT2D eigenvalue weighted by atomic mass is 10.1. The highest BCUT2D eigenvalue weighted by molar-refractivity contribution is 5.95. The smallest absolute Gasteiger partial charge is 0.255 e. The predicted molar refractivity (Wildman–Crippen MR) is 56.9 cm³/mol. The Labute approximate surface area is 88.5 Å². The second-order valence-corrected chi connectivity index (χ2v) is 3.35. The molecule has 1 unspecified atom stereocenters. The molecule has 1 amide bonds. The van der Waals surface area contributed by atoms with E-state index in [0.29, 0.717) is 0 Å². The van der Waals surface area contributed by atoms with Gasteiger partial charge in [-0.15, -0.1) is 6.42 Å². The number of aryl methyl sites for hydroxylation is 1. The molecule has 15 heavy (non-hydrogen) atoms. The molecule has 0 heterocycles. The van der Waals surface area contributed by atoms with Crippen LogP contribution in [-0.2, 0) is 0 Å². The third kappa shape index (κ3) is 2.81. The van der Waals surface area contributed by atoms with Crippen LogP contribution in [0.4, 0.5) is 4.39 Å². The molecule has 0 saturated heterocycles. The number of halogens is 1. The van der Waals surface area contributed by atoms with Crippen LogP contribution in [0.1, 0.15) is 22.8 Å². The minimum absolute atomic E-state index is 0.0251. The van der Waals surface area contributed by atoms with Crippen molar-refractivity contribution in [3.8, 4) is 12.3 Å². The van der Waals surface area contributed by atoms with Crippen molar-refractivity contribution < 1.29 is 9.18 Å². The number of hydrogen-bond donors (Lipinski definition) is 1. The Morgan fingerprint density at radius 3 is 2.87 bits per heavy atom. The summed E-state index contributed by atoms with van der Waals surface area (Å²) in [5.41, 5.74) is 0.854. The van der Waals surface area contributed by atoms with Gasteiger partial charge in [0.05, 0.1) is 11.6 Å². The summed E-state index contributed by atoms with van der Waals surface area (Å²) in [5, 5.41) is 2.50. The van der Waals surface area contributed by atoms with Gasteiger partial charge in [0, 0.05) is 0 Å². The molecule has 78 valence electrons. The molecule has 3 heteroatoms. The first-order chi connectivity index (χ1) is 7.04. The summed E-state index contributed by atoms with van der Waals surface area (Å²) in [6.45, 7) is 3.45. The molecule has 1 aromatic rings. The zero-order valence-corrected chi connectivity index (χ0v) is 8.67. The van der Waals surface area contributed by atoms with E-state index in [0.717, 1.165) is 5.56 Å². The molecular weight excluding hydrogens is 193 g/mol. The van der Waals surface area contributed by atoms with Crippen LogP contribution in [0.2, 0.25) is 0 Å². The van der Waals surface area contributed by atoms with Crippen molar-refractivity contribution in [3.05, 3.63) is 35.1 Å². The number of hydrogen-bond acceptors (Lipinski definition) is 1. The van der Waals surface area contributed by atoms with E-state index in [1.54, 1.807) is 19.9 Å². The fourth-order valence-corrected chi connectivity index (χ4v) is 1.13. The largest absolute Gasteiger partial charge is 0.339 e. The Morgan fingerprint density at radius 2 is 2.27 bits per heavy atom. The summed E-state index contributed by atoms with van der Waals surface area (Å²) in [6.07, 6.45) is 5.11. The van der Waals surface area contributed by atoms with Crippen LogP contribution in [0.25, 0.3) is 0 Å². The van der Waals surface area contributed by atoms with Crippen LogP contribution in [0.15, 0.2) is 18.2 Å². The first kappa shape index (κ1) is 11.3. The fraction of sp³-hybridized carbons (Fsp3) is 0.250. The third-order valence-corrected chi connectivity index (χ3v) is 1.96. The molecule has 0 saturated carbocycles. The van der Waals surface area contributed by atoms with E-state index < -0.39 is 17.8 Å². The monoisotopic (exact) mass is 205 g/mol. The van der Waals surface area contributed by atoms with Crippen LogP contribution >= 0.6 is 0 Å². The zero-order valence-electron chi connectivity index (χ0n) is 8.67. The summed E-state index contributed by atoms with van der Waals surface area (Å²) in [6, 6.07) is 3.97. The van der Waals surface area contributed by atoms with Crippen LogP contribution in [0, 0.1) is 25.1 Å². The Hall–Kier alpha value is -1.82. The predicted octanol–water partition coefficient (Wildman–Crippen LogP) is 1.89. The van der Waals surface area contributed by atoms with Gasteiger partial charge in [0.25, 0.3) is 5.91 Å². The summed E-state index contributed by atoms with van der Waals surface area (Å²) >= 11 is 0. The summed E-state index contributed by atoms with van der Waals surface area (Å²) < 4.78 is 13.3. The molecule has 0 aromatic heterocycles. The molecule has 0 aliphatic rings. The maximum absolute atomic E-state index is 13.3. The van der Waals surface area contributed by atoms with Gasteiger partial charge in [-0.3, -0.25) is 4.79 Å². The van der Waals surface area contributed by atoms with Crippen LogP contribution < -0.4 is 5.32 Å². The lowest BCUT2D eigenvalue weighted by molar-refractivity contribution is 0.0944. The third-order valence-electron chi connectivity index (χ3n) is 1.96. The van der Waals surface area contributed by atoms with Crippen molar-refractivity contribution in [2.24, 2.45) is 0 Å². The first-order valence-corrected chi connectivity index (χ1v) is 4.57. The highest BCUT2D eigenvalue weighted by Gasteiger charge is 2.12. The summed E-state index contributed by atoms with van der Waals surface area (Å²) in [7, 11) is 0. The van der Waals surface area contributed by atoms with Crippen molar-refractivity contribution in [1.82, 2.24) is 5.32 Å². The van der Waals surface area contributed by atoms with Gasteiger partial charge in [-0.1, -0.05) is 17.6 Å². The van der Waals surface area contributed by atoms with Gasteiger partial charge in [0.2, 0.25) is 0 Å². The van der Waals surface area contributed by atoms with Gasteiger partial charge in [-0.2, -0.15) is 0 Å². The van der Waals surface area contributed by atoms with Gasteiger partial charge in [0.15, 0.2) is 0 Å². The quantitative estimate of drug-likeness (QED) is 0.734. The lowest BCUT2D eigenvalue weighted by Gasteiger charge is -2.08. The number of carbonyl (C=O) groups excluding carboxylic acids is 1. The van der Waals surface area contributed by atoms with Crippen molar-refractivity contribution >= 4 is 5.91 Å².